The minimum atomic E-state index is -0.356. The molecule has 0 saturated carbocycles. The predicted octanol–water partition coefficient (Wildman–Crippen LogP) is 6.71. The van der Waals surface area contributed by atoms with Crippen LogP contribution in [0.5, 0.6) is 5.75 Å². The van der Waals surface area contributed by atoms with Crippen LogP contribution in [0, 0.1) is 5.82 Å². The van der Waals surface area contributed by atoms with Gasteiger partial charge in [0.1, 0.15) is 18.2 Å². The molecule has 1 fully saturated rings. The fourth-order valence-electron chi connectivity index (χ4n) is 3.94. The van der Waals surface area contributed by atoms with Gasteiger partial charge in [0.15, 0.2) is 0 Å². The highest BCUT2D eigenvalue weighted by atomic mass is 79.9. The number of amides is 2. The zero-order valence-corrected chi connectivity index (χ0v) is 20.9. The first-order valence-electron chi connectivity index (χ1n) is 10.9. The molecule has 0 bridgehead atoms. The van der Waals surface area contributed by atoms with E-state index in [1.165, 1.54) is 34.7 Å². The Hall–Kier alpha value is -3.36. The van der Waals surface area contributed by atoms with Crippen molar-refractivity contribution in [2.45, 2.75) is 6.54 Å². The van der Waals surface area contributed by atoms with Gasteiger partial charge in [-0.2, -0.15) is 0 Å². The summed E-state index contributed by atoms with van der Waals surface area (Å²) in [5.41, 5.74) is 3.07. The van der Waals surface area contributed by atoms with Gasteiger partial charge in [-0.25, -0.2) is 4.39 Å². The Kier molecular flexibility index (Phi) is 6.74. The van der Waals surface area contributed by atoms with Crippen LogP contribution >= 0.6 is 27.7 Å². The van der Waals surface area contributed by atoms with Crippen molar-refractivity contribution in [3.05, 3.63) is 105 Å². The highest BCUT2D eigenvalue weighted by Crippen LogP contribution is 2.35. The molecule has 1 aliphatic rings. The van der Waals surface area contributed by atoms with Crippen molar-refractivity contribution in [3.63, 3.8) is 0 Å². The Morgan fingerprint density at radius 3 is 2.54 bits per heavy atom. The first-order valence-corrected chi connectivity index (χ1v) is 12.5. The lowest BCUT2D eigenvalue weighted by molar-refractivity contribution is -0.123. The van der Waals surface area contributed by atoms with Crippen LogP contribution in [0.15, 0.2) is 88.4 Å². The van der Waals surface area contributed by atoms with Crippen molar-refractivity contribution >= 4 is 55.8 Å². The third kappa shape index (κ3) is 5.18. The van der Waals surface area contributed by atoms with Gasteiger partial charge in [0.2, 0.25) is 0 Å². The first kappa shape index (κ1) is 23.4. The van der Waals surface area contributed by atoms with Crippen molar-refractivity contribution < 1.29 is 18.7 Å². The number of carbonyl (C=O) groups is 2. The number of imide groups is 1. The Balaban J connectivity index is 1.36. The molecule has 4 aromatic rings. The van der Waals surface area contributed by atoms with Crippen LogP contribution in [-0.2, 0) is 11.3 Å². The minimum absolute atomic E-state index is 0.112. The van der Waals surface area contributed by atoms with Crippen molar-refractivity contribution in [3.8, 4) is 5.75 Å². The molecule has 1 aliphatic heterocycles. The second-order valence-electron chi connectivity index (χ2n) is 8.00. The number of benzene rings is 3. The number of fused-ring (bicyclic) bond motifs is 1. The highest BCUT2D eigenvalue weighted by Gasteiger charge is 2.35. The fraction of sp³-hybridized carbons (Fsp3) is 0.111. The number of ether oxygens (including phenoxy) is 1. The Bertz CT molecular complexity index is 1430. The Morgan fingerprint density at radius 2 is 1.77 bits per heavy atom. The molecule has 3 aromatic carbocycles. The molecule has 0 atom stereocenters. The van der Waals surface area contributed by atoms with Crippen LogP contribution < -0.4 is 4.74 Å². The zero-order chi connectivity index (χ0) is 24.4. The number of rotatable bonds is 7. The average molecular weight is 551 g/mol. The number of thioether (sulfide) groups is 1. The lowest BCUT2D eigenvalue weighted by Gasteiger charge is -2.13. The van der Waals surface area contributed by atoms with Crippen molar-refractivity contribution in [2.24, 2.45) is 0 Å². The van der Waals surface area contributed by atoms with Crippen LogP contribution in [-0.4, -0.2) is 33.8 Å². The quantitative estimate of drug-likeness (QED) is 0.240. The van der Waals surface area contributed by atoms with Gasteiger partial charge in [0, 0.05) is 33.7 Å². The Labute approximate surface area is 214 Å². The molecule has 35 heavy (non-hydrogen) atoms. The van der Waals surface area contributed by atoms with Crippen molar-refractivity contribution in [1.82, 2.24) is 9.47 Å². The standard InChI is InChI=1S/C27H20BrFN2O3S/c28-20-6-11-24-23(15-20)19(17-30(24)16-18-4-2-1-3-5-18)14-25-26(32)31(27(33)35-25)12-13-34-22-9-7-21(29)8-10-22/h1-11,14-15,17H,12-13,16H2/b25-14-. The summed E-state index contributed by atoms with van der Waals surface area (Å²) in [5, 5.41) is 0.653. The first-order chi connectivity index (χ1) is 17.0. The number of aromatic nitrogens is 1. The van der Waals surface area contributed by atoms with Crippen LogP contribution in [0.1, 0.15) is 11.1 Å². The summed E-state index contributed by atoms with van der Waals surface area (Å²) in [6.45, 7) is 0.927. The van der Waals surface area contributed by atoms with Crippen molar-refractivity contribution in [1.29, 1.82) is 0 Å². The minimum Gasteiger partial charge on any atom is -0.492 e. The summed E-state index contributed by atoms with van der Waals surface area (Å²) in [6, 6.07) is 21.8. The smallest absolute Gasteiger partial charge is 0.293 e. The molecule has 0 radical (unpaired) electrons. The molecule has 1 saturated heterocycles. The van der Waals surface area contributed by atoms with E-state index in [9.17, 15) is 14.0 Å². The molecule has 0 spiro atoms. The van der Waals surface area contributed by atoms with Gasteiger partial charge in [-0.15, -0.1) is 0 Å². The zero-order valence-electron chi connectivity index (χ0n) is 18.5. The maximum atomic E-state index is 13.0. The average Bonchev–Trinajstić information content (AvgIpc) is 3.32. The van der Waals surface area contributed by atoms with Crippen molar-refractivity contribution in [2.75, 3.05) is 13.2 Å². The van der Waals surface area contributed by atoms with Gasteiger partial charge >= 0.3 is 0 Å². The maximum Gasteiger partial charge on any atom is 0.293 e. The highest BCUT2D eigenvalue weighted by molar-refractivity contribution is 9.10. The number of nitrogens with zero attached hydrogens (tertiary/aromatic N) is 2. The third-order valence-corrected chi connectivity index (χ3v) is 7.03. The third-order valence-electron chi connectivity index (χ3n) is 5.63. The Morgan fingerprint density at radius 1 is 1.00 bits per heavy atom. The monoisotopic (exact) mass is 550 g/mol. The lowest BCUT2D eigenvalue weighted by atomic mass is 10.1. The van der Waals surface area contributed by atoms with Gasteiger partial charge in [-0.05, 0) is 65.9 Å². The van der Waals surface area contributed by atoms with Crippen LogP contribution in [0.25, 0.3) is 17.0 Å². The van der Waals surface area contributed by atoms with E-state index in [2.05, 4.69) is 32.6 Å². The van der Waals surface area contributed by atoms with E-state index in [4.69, 9.17) is 4.74 Å². The topological polar surface area (TPSA) is 51.5 Å². The number of halogens is 2. The summed E-state index contributed by atoms with van der Waals surface area (Å²) in [6.07, 6.45) is 3.79. The molecular weight excluding hydrogens is 531 g/mol. The van der Waals surface area contributed by atoms with E-state index >= 15 is 0 Å². The van der Waals surface area contributed by atoms with E-state index in [-0.39, 0.29) is 30.1 Å². The molecule has 0 N–H and O–H groups in total. The van der Waals surface area contributed by atoms with E-state index in [1.807, 2.05) is 42.6 Å². The van der Waals surface area contributed by atoms with Gasteiger partial charge in [-0.3, -0.25) is 14.5 Å². The molecule has 0 aliphatic carbocycles. The second kappa shape index (κ2) is 10.1. The molecule has 2 amide bonds. The fourth-order valence-corrected chi connectivity index (χ4v) is 5.16. The summed E-state index contributed by atoms with van der Waals surface area (Å²) < 4.78 is 21.7. The van der Waals surface area contributed by atoms with E-state index < -0.39 is 0 Å². The molecule has 8 heteroatoms. The molecule has 1 aromatic heterocycles. The van der Waals surface area contributed by atoms with E-state index in [0.29, 0.717) is 17.2 Å². The normalized spacial score (nSPS) is 14.9. The van der Waals surface area contributed by atoms with Crippen LogP contribution in [0.4, 0.5) is 9.18 Å². The molecule has 0 unspecified atom stereocenters. The molecule has 5 rings (SSSR count). The van der Waals surface area contributed by atoms with Gasteiger partial charge in [0.05, 0.1) is 11.4 Å². The van der Waals surface area contributed by atoms with Gasteiger partial charge in [0.25, 0.3) is 11.1 Å². The summed E-state index contributed by atoms with van der Waals surface area (Å²) >= 11 is 4.46. The predicted molar refractivity (Wildman–Crippen MR) is 140 cm³/mol. The summed E-state index contributed by atoms with van der Waals surface area (Å²) in [4.78, 5) is 27.1. The van der Waals surface area contributed by atoms with E-state index in [1.54, 1.807) is 6.08 Å². The molecule has 176 valence electrons. The molecule has 5 nitrogen and oxygen atoms in total. The van der Waals surface area contributed by atoms with Gasteiger partial charge < -0.3 is 9.30 Å². The van der Waals surface area contributed by atoms with E-state index in [0.717, 1.165) is 32.7 Å². The number of hydrogen-bond donors (Lipinski definition) is 0. The summed E-state index contributed by atoms with van der Waals surface area (Å²) in [7, 11) is 0. The molecule has 2 heterocycles. The van der Waals surface area contributed by atoms with Gasteiger partial charge in [-0.1, -0.05) is 46.3 Å². The maximum absolute atomic E-state index is 13.0. The second-order valence-corrected chi connectivity index (χ2v) is 9.90. The summed E-state index contributed by atoms with van der Waals surface area (Å²) in [5.74, 6) is -0.224. The molecular formula is C27H20BrFN2O3S. The SMILES string of the molecule is O=C1S/C(=C\c2cn(Cc3ccccc3)c3ccc(Br)cc23)C(=O)N1CCOc1ccc(F)cc1. The lowest BCUT2D eigenvalue weighted by Crippen LogP contribution is -2.32. The van der Waals surface area contributed by atoms with Crippen LogP contribution in [0.2, 0.25) is 0 Å². The number of carbonyl (C=O) groups excluding carboxylic acids is 2. The van der Waals surface area contributed by atoms with Crippen LogP contribution in [0.3, 0.4) is 0 Å². The number of hydrogen-bond acceptors (Lipinski definition) is 4. The largest absolute Gasteiger partial charge is 0.492 e.